The summed E-state index contributed by atoms with van der Waals surface area (Å²) in [6, 6.07) is 6.34. The highest BCUT2D eigenvalue weighted by Crippen LogP contribution is 2.39. The summed E-state index contributed by atoms with van der Waals surface area (Å²) in [5.74, 6) is -3.32. The van der Waals surface area contributed by atoms with Crippen molar-refractivity contribution in [3.05, 3.63) is 68.3 Å². The molecule has 0 radical (unpaired) electrons. The van der Waals surface area contributed by atoms with Crippen LogP contribution in [0.25, 0.3) is 11.0 Å². The van der Waals surface area contributed by atoms with E-state index in [1.165, 1.54) is 15.3 Å². The third-order valence-electron chi connectivity index (χ3n) is 11.2. The Labute approximate surface area is 302 Å². The first-order chi connectivity index (χ1) is 25.0. The van der Waals surface area contributed by atoms with Crippen LogP contribution in [0.2, 0.25) is 0 Å². The number of aryl methyl sites for hydroxylation is 1. The van der Waals surface area contributed by atoms with Crippen LogP contribution in [0.3, 0.4) is 0 Å². The van der Waals surface area contributed by atoms with E-state index in [4.69, 9.17) is 13.9 Å². The van der Waals surface area contributed by atoms with Crippen molar-refractivity contribution in [2.45, 2.75) is 77.0 Å². The Morgan fingerprint density at radius 3 is 2.38 bits per heavy atom. The molecule has 3 saturated heterocycles. The highest BCUT2D eigenvalue weighted by molar-refractivity contribution is 7.87. The molecule has 3 aromatic rings. The normalized spacial score (nSPS) is 22.2. The van der Waals surface area contributed by atoms with Crippen LogP contribution < -0.4 is 20.0 Å². The molecule has 4 aliphatic heterocycles. The van der Waals surface area contributed by atoms with Crippen molar-refractivity contribution in [3.8, 4) is 5.75 Å². The zero-order valence-electron chi connectivity index (χ0n) is 30.1. The minimum atomic E-state index is -4.17. The topological polar surface area (TPSA) is 142 Å². The van der Waals surface area contributed by atoms with Crippen molar-refractivity contribution in [1.29, 1.82) is 0 Å². The third kappa shape index (κ3) is 6.35. The number of hydrogen-bond donors (Lipinski definition) is 1. The predicted molar refractivity (Wildman–Crippen MR) is 193 cm³/mol. The number of benzene rings is 2. The molecule has 5 heterocycles. The lowest BCUT2D eigenvalue weighted by atomic mass is 9.94. The Hall–Kier alpha value is -4.05. The number of nitrogens with zero attached hydrogens (tertiary/aromatic N) is 4. The first-order valence-electron chi connectivity index (χ1n) is 18.1. The van der Waals surface area contributed by atoms with Crippen molar-refractivity contribution in [1.82, 2.24) is 18.8 Å². The molecule has 4 aliphatic rings. The molecule has 0 unspecified atom stereocenters. The van der Waals surface area contributed by atoms with E-state index in [9.17, 15) is 22.8 Å². The first kappa shape index (κ1) is 36.3. The van der Waals surface area contributed by atoms with Gasteiger partial charge in [0, 0.05) is 62.0 Å². The van der Waals surface area contributed by atoms with Gasteiger partial charge in [0.2, 0.25) is 0 Å². The molecule has 1 atom stereocenters. The SMILES string of the molecule is CCOc1c(C(=O)NS(=O)(=O)N2C3CCC2CC3)ccc(C(=O)N2CCc3c(c(=O)oc4c(CC)c(N5CCN(C)[C@@H](COC)C5)ccc34)C2)c1F. The van der Waals surface area contributed by atoms with Gasteiger partial charge < -0.3 is 23.7 Å². The molecule has 52 heavy (non-hydrogen) atoms. The molecule has 7 rings (SSSR count). The second kappa shape index (κ2) is 14.4. The summed E-state index contributed by atoms with van der Waals surface area (Å²) in [5.41, 5.74) is 2.44. The van der Waals surface area contributed by atoms with Gasteiger partial charge in [-0.25, -0.2) is 13.9 Å². The minimum Gasteiger partial charge on any atom is -0.490 e. The number of carbonyl (C=O) groups excluding carboxylic acids is 2. The smallest absolute Gasteiger partial charge is 0.341 e. The van der Waals surface area contributed by atoms with Gasteiger partial charge in [0.05, 0.1) is 42.5 Å². The number of halogens is 1. The van der Waals surface area contributed by atoms with E-state index in [1.807, 2.05) is 13.0 Å². The fraction of sp³-hybridized carbons (Fsp3) is 0.541. The standard InChI is InChI=1S/C37H46FN5O8S/c1-5-25-31(41-18-17-40(3)24(19-41)21-49-4)14-13-27-26-15-16-42(20-30(26)37(46)51-33(25)27)36(45)28-11-12-29(34(32(28)38)50-6-2)35(44)39-52(47,48)43-22-7-8-23(43)10-9-22/h11-14,22-24H,5-10,15-21H2,1-4H3,(H,39,44)/t22?,23?,24-/m1/s1. The number of ether oxygens (including phenoxy) is 2. The molecule has 2 aromatic carbocycles. The second-order valence-corrected chi connectivity index (χ2v) is 15.7. The van der Waals surface area contributed by atoms with Crippen LogP contribution in [0, 0.1) is 5.82 Å². The molecule has 2 bridgehead atoms. The Kier molecular flexibility index (Phi) is 10.1. The third-order valence-corrected chi connectivity index (χ3v) is 12.8. The minimum absolute atomic E-state index is 0.0346. The van der Waals surface area contributed by atoms with Crippen LogP contribution in [0.15, 0.2) is 33.5 Å². The molecular weight excluding hydrogens is 693 g/mol. The molecule has 0 spiro atoms. The summed E-state index contributed by atoms with van der Waals surface area (Å²) in [6.45, 7) is 6.81. The summed E-state index contributed by atoms with van der Waals surface area (Å²) in [6.07, 6.45) is 3.96. The number of nitrogens with one attached hydrogen (secondary N) is 1. The molecule has 0 saturated carbocycles. The lowest BCUT2D eigenvalue weighted by Crippen LogP contribution is -2.53. The van der Waals surface area contributed by atoms with Crippen LogP contribution >= 0.6 is 0 Å². The predicted octanol–water partition coefficient (Wildman–Crippen LogP) is 3.46. The Morgan fingerprint density at radius 1 is 1.00 bits per heavy atom. The van der Waals surface area contributed by atoms with Gasteiger partial charge in [-0.3, -0.25) is 14.5 Å². The quantitative estimate of drug-likeness (QED) is 0.308. The van der Waals surface area contributed by atoms with E-state index in [-0.39, 0.29) is 48.9 Å². The van der Waals surface area contributed by atoms with E-state index in [2.05, 4.69) is 27.6 Å². The number of fused-ring (bicyclic) bond motifs is 5. The van der Waals surface area contributed by atoms with Crippen molar-refractivity contribution < 1.29 is 36.3 Å². The van der Waals surface area contributed by atoms with Gasteiger partial charge in [-0.15, -0.1) is 0 Å². The zero-order chi connectivity index (χ0) is 36.9. The largest absolute Gasteiger partial charge is 0.490 e. The zero-order valence-corrected chi connectivity index (χ0v) is 30.9. The molecule has 1 aromatic heterocycles. The van der Waals surface area contributed by atoms with Crippen LogP contribution in [0.1, 0.15) is 76.9 Å². The molecule has 1 N–H and O–H groups in total. The van der Waals surface area contributed by atoms with Gasteiger partial charge in [0.1, 0.15) is 5.58 Å². The summed E-state index contributed by atoms with van der Waals surface area (Å²) in [5, 5.41) is 0.821. The molecule has 2 amide bonds. The Morgan fingerprint density at radius 2 is 1.71 bits per heavy atom. The molecule has 280 valence electrons. The first-order valence-corrected chi connectivity index (χ1v) is 19.6. The van der Waals surface area contributed by atoms with Gasteiger partial charge in [-0.05, 0) is 82.3 Å². The lowest BCUT2D eigenvalue weighted by molar-refractivity contribution is 0.0726. The maximum Gasteiger partial charge on any atom is 0.341 e. The highest BCUT2D eigenvalue weighted by Gasteiger charge is 2.47. The number of amides is 2. The number of carbonyl (C=O) groups is 2. The average molecular weight is 740 g/mol. The van der Waals surface area contributed by atoms with Gasteiger partial charge in [0.15, 0.2) is 11.6 Å². The van der Waals surface area contributed by atoms with E-state index in [0.29, 0.717) is 30.6 Å². The van der Waals surface area contributed by atoms with E-state index < -0.39 is 39.2 Å². The van der Waals surface area contributed by atoms with Crippen LogP contribution in [0.5, 0.6) is 5.75 Å². The number of rotatable bonds is 10. The van der Waals surface area contributed by atoms with Crippen LogP contribution in [0.4, 0.5) is 10.1 Å². The lowest BCUT2D eigenvalue weighted by Gasteiger charge is -2.41. The van der Waals surface area contributed by atoms with Crippen molar-refractivity contribution in [2.24, 2.45) is 0 Å². The molecule has 0 aliphatic carbocycles. The summed E-state index contributed by atoms with van der Waals surface area (Å²) in [7, 11) is -0.371. The van der Waals surface area contributed by atoms with Crippen molar-refractivity contribution >= 4 is 38.7 Å². The average Bonchev–Trinajstić information content (AvgIpc) is 3.75. The summed E-state index contributed by atoms with van der Waals surface area (Å²) >= 11 is 0. The van der Waals surface area contributed by atoms with Crippen molar-refractivity contribution in [2.75, 3.05) is 58.5 Å². The van der Waals surface area contributed by atoms with Crippen LogP contribution in [-0.2, 0) is 34.3 Å². The van der Waals surface area contributed by atoms with Gasteiger partial charge in [0.25, 0.3) is 11.8 Å². The number of hydrogen-bond acceptors (Lipinski definition) is 10. The molecular formula is C37H46FN5O8S. The summed E-state index contributed by atoms with van der Waals surface area (Å²) < 4.78 is 62.8. The molecule has 13 nitrogen and oxygen atoms in total. The van der Waals surface area contributed by atoms with Gasteiger partial charge in [-0.2, -0.15) is 12.7 Å². The second-order valence-electron chi connectivity index (χ2n) is 14.1. The Balaban J connectivity index is 1.14. The molecule has 3 fully saturated rings. The number of likely N-dealkylation sites (N-methyl/N-ethyl adjacent to an activating group) is 1. The van der Waals surface area contributed by atoms with E-state index in [1.54, 1.807) is 14.0 Å². The number of anilines is 1. The van der Waals surface area contributed by atoms with Crippen LogP contribution in [-0.4, -0.2) is 106 Å². The number of piperazine rings is 1. The summed E-state index contributed by atoms with van der Waals surface area (Å²) in [4.78, 5) is 46.6. The van der Waals surface area contributed by atoms with E-state index >= 15 is 4.39 Å². The van der Waals surface area contributed by atoms with Crippen molar-refractivity contribution in [3.63, 3.8) is 0 Å². The fourth-order valence-electron chi connectivity index (χ4n) is 8.56. The van der Waals surface area contributed by atoms with Gasteiger partial charge in [-0.1, -0.05) is 6.92 Å². The highest BCUT2D eigenvalue weighted by atomic mass is 32.2. The van der Waals surface area contributed by atoms with Gasteiger partial charge >= 0.3 is 15.8 Å². The Bertz CT molecular complexity index is 2050. The monoisotopic (exact) mass is 739 g/mol. The number of methoxy groups -OCH3 is 1. The van der Waals surface area contributed by atoms with E-state index in [0.717, 1.165) is 73.6 Å². The molecule has 15 heteroatoms. The maximum absolute atomic E-state index is 16.1. The fourth-order valence-corrected chi connectivity index (χ4v) is 10.2. The maximum atomic E-state index is 16.1.